The highest BCUT2D eigenvalue weighted by atomic mass is 32.1. The average molecular weight is 225 g/mol. The number of thiophene rings is 1. The van der Waals surface area contributed by atoms with Crippen molar-refractivity contribution in [3.63, 3.8) is 0 Å². The standard InChI is InChI=1S/C13H23NS/c1-3-4-5-6-8-12(14-2)11-13-9-7-10-15-13/h7,9-10,12,14H,3-6,8,11H2,1-2H3. The molecule has 1 N–H and O–H groups in total. The maximum absolute atomic E-state index is 3.42. The fraction of sp³-hybridized carbons (Fsp3) is 0.692. The van der Waals surface area contributed by atoms with E-state index in [1.54, 1.807) is 0 Å². The molecule has 86 valence electrons. The molecule has 2 heteroatoms. The highest BCUT2D eigenvalue weighted by molar-refractivity contribution is 7.09. The number of nitrogens with one attached hydrogen (secondary N) is 1. The van der Waals surface area contributed by atoms with Gasteiger partial charge in [-0.15, -0.1) is 11.3 Å². The van der Waals surface area contributed by atoms with Gasteiger partial charge in [0.25, 0.3) is 0 Å². The van der Waals surface area contributed by atoms with E-state index in [1.807, 2.05) is 11.3 Å². The summed E-state index contributed by atoms with van der Waals surface area (Å²) in [5.74, 6) is 0. The minimum atomic E-state index is 0.667. The molecule has 1 nitrogen and oxygen atoms in total. The average Bonchev–Trinajstić information content (AvgIpc) is 2.75. The molecule has 0 amide bonds. The van der Waals surface area contributed by atoms with Crippen molar-refractivity contribution in [3.05, 3.63) is 22.4 Å². The van der Waals surface area contributed by atoms with Crippen molar-refractivity contribution < 1.29 is 0 Å². The summed E-state index contributed by atoms with van der Waals surface area (Å²) in [4.78, 5) is 1.50. The van der Waals surface area contributed by atoms with Crippen LogP contribution in [0.15, 0.2) is 17.5 Å². The predicted molar refractivity (Wildman–Crippen MR) is 69.6 cm³/mol. The molecule has 1 heterocycles. The Morgan fingerprint density at radius 1 is 1.33 bits per heavy atom. The van der Waals surface area contributed by atoms with E-state index in [2.05, 4.69) is 36.8 Å². The molecule has 0 aromatic carbocycles. The van der Waals surface area contributed by atoms with Crippen LogP contribution in [-0.4, -0.2) is 13.1 Å². The maximum atomic E-state index is 3.42. The largest absolute Gasteiger partial charge is 0.317 e. The molecule has 1 rings (SSSR count). The number of hydrogen-bond acceptors (Lipinski definition) is 2. The van der Waals surface area contributed by atoms with E-state index in [9.17, 15) is 0 Å². The lowest BCUT2D eigenvalue weighted by Crippen LogP contribution is -2.27. The van der Waals surface area contributed by atoms with Crippen molar-refractivity contribution in [2.24, 2.45) is 0 Å². The van der Waals surface area contributed by atoms with E-state index in [1.165, 1.54) is 43.4 Å². The van der Waals surface area contributed by atoms with Crippen LogP contribution in [0.1, 0.15) is 43.9 Å². The van der Waals surface area contributed by atoms with Gasteiger partial charge in [0.2, 0.25) is 0 Å². The molecular weight excluding hydrogens is 202 g/mol. The first kappa shape index (κ1) is 12.7. The van der Waals surface area contributed by atoms with Crippen molar-refractivity contribution in [3.8, 4) is 0 Å². The third-order valence-electron chi connectivity index (χ3n) is 2.84. The fourth-order valence-corrected chi connectivity index (χ4v) is 2.62. The Kier molecular flexibility index (Phi) is 6.69. The van der Waals surface area contributed by atoms with Crippen LogP contribution >= 0.6 is 11.3 Å². The molecule has 1 atom stereocenters. The third-order valence-corrected chi connectivity index (χ3v) is 3.74. The summed E-state index contributed by atoms with van der Waals surface area (Å²) in [5.41, 5.74) is 0. The summed E-state index contributed by atoms with van der Waals surface area (Å²) in [7, 11) is 2.08. The summed E-state index contributed by atoms with van der Waals surface area (Å²) in [5, 5.41) is 5.59. The second-order valence-electron chi connectivity index (χ2n) is 4.12. The van der Waals surface area contributed by atoms with E-state index in [0.29, 0.717) is 6.04 Å². The van der Waals surface area contributed by atoms with Crippen molar-refractivity contribution in [1.82, 2.24) is 5.32 Å². The van der Waals surface area contributed by atoms with Crippen molar-refractivity contribution in [2.45, 2.75) is 51.5 Å². The molecule has 0 saturated heterocycles. The zero-order chi connectivity index (χ0) is 10.9. The third kappa shape index (κ3) is 5.33. The number of hydrogen-bond donors (Lipinski definition) is 1. The SMILES string of the molecule is CCCCCCC(Cc1cccs1)NC. The Morgan fingerprint density at radius 2 is 2.20 bits per heavy atom. The lowest BCUT2D eigenvalue weighted by atomic mass is 10.0. The zero-order valence-electron chi connectivity index (χ0n) is 9.96. The first-order valence-electron chi connectivity index (χ1n) is 6.06. The van der Waals surface area contributed by atoms with Crippen LogP contribution in [0.2, 0.25) is 0 Å². The van der Waals surface area contributed by atoms with E-state index < -0.39 is 0 Å². The molecule has 0 aliphatic heterocycles. The summed E-state index contributed by atoms with van der Waals surface area (Å²) in [6.07, 6.45) is 7.98. The van der Waals surface area contributed by atoms with E-state index in [4.69, 9.17) is 0 Å². The van der Waals surface area contributed by atoms with Gasteiger partial charge in [-0.2, -0.15) is 0 Å². The molecule has 0 aliphatic carbocycles. The lowest BCUT2D eigenvalue weighted by molar-refractivity contribution is 0.487. The molecule has 0 bridgehead atoms. The highest BCUT2D eigenvalue weighted by Gasteiger charge is 2.07. The minimum absolute atomic E-state index is 0.667. The lowest BCUT2D eigenvalue weighted by Gasteiger charge is -2.14. The molecule has 1 aromatic heterocycles. The van der Waals surface area contributed by atoms with Gasteiger partial charge in [-0.25, -0.2) is 0 Å². The summed E-state index contributed by atoms with van der Waals surface area (Å²) in [6, 6.07) is 5.05. The fourth-order valence-electron chi connectivity index (χ4n) is 1.84. The maximum Gasteiger partial charge on any atom is 0.0112 e. The molecule has 0 radical (unpaired) electrons. The van der Waals surface area contributed by atoms with Crippen LogP contribution in [0, 0.1) is 0 Å². The molecule has 15 heavy (non-hydrogen) atoms. The Bertz CT molecular complexity index is 231. The van der Waals surface area contributed by atoms with Crippen LogP contribution in [0.4, 0.5) is 0 Å². The first-order valence-corrected chi connectivity index (χ1v) is 6.94. The quantitative estimate of drug-likeness (QED) is 0.663. The van der Waals surface area contributed by atoms with Gasteiger partial charge in [0.05, 0.1) is 0 Å². The Balaban J connectivity index is 2.18. The van der Waals surface area contributed by atoms with Gasteiger partial charge in [-0.1, -0.05) is 38.7 Å². The molecule has 0 spiro atoms. The summed E-state index contributed by atoms with van der Waals surface area (Å²) in [6.45, 7) is 2.27. The molecule has 0 aliphatic rings. The monoisotopic (exact) mass is 225 g/mol. The summed E-state index contributed by atoms with van der Waals surface area (Å²) >= 11 is 1.87. The van der Waals surface area contributed by atoms with E-state index in [0.717, 1.165) is 0 Å². The van der Waals surface area contributed by atoms with Crippen LogP contribution < -0.4 is 5.32 Å². The molecule has 1 unspecified atom stereocenters. The van der Waals surface area contributed by atoms with Gasteiger partial charge >= 0.3 is 0 Å². The van der Waals surface area contributed by atoms with Crippen molar-refractivity contribution >= 4 is 11.3 Å². The van der Waals surface area contributed by atoms with Gasteiger partial charge in [0.1, 0.15) is 0 Å². The second kappa shape index (κ2) is 7.89. The van der Waals surface area contributed by atoms with Gasteiger partial charge < -0.3 is 5.32 Å². The number of likely N-dealkylation sites (N-methyl/N-ethyl adjacent to an activating group) is 1. The molecule has 0 saturated carbocycles. The number of unbranched alkanes of at least 4 members (excludes halogenated alkanes) is 3. The number of rotatable bonds is 8. The smallest absolute Gasteiger partial charge is 0.0112 e. The normalized spacial score (nSPS) is 12.9. The first-order chi connectivity index (χ1) is 7.36. The Hall–Kier alpha value is -0.340. The van der Waals surface area contributed by atoms with Crippen LogP contribution in [0.25, 0.3) is 0 Å². The van der Waals surface area contributed by atoms with Gasteiger partial charge in [-0.3, -0.25) is 0 Å². The molecule has 1 aromatic rings. The van der Waals surface area contributed by atoms with Crippen LogP contribution in [0.5, 0.6) is 0 Å². The van der Waals surface area contributed by atoms with Gasteiger partial charge in [0, 0.05) is 10.9 Å². The highest BCUT2D eigenvalue weighted by Crippen LogP contribution is 2.14. The Morgan fingerprint density at radius 3 is 2.80 bits per heavy atom. The topological polar surface area (TPSA) is 12.0 Å². The second-order valence-corrected chi connectivity index (χ2v) is 5.15. The Labute approximate surface area is 97.9 Å². The predicted octanol–water partition coefficient (Wildman–Crippen LogP) is 3.85. The zero-order valence-corrected chi connectivity index (χ0v) is 10.8. The van der Waals surface area contributed by atoms with Gasteiger partial charge in [-0.05, 0) is 31.3 Å². The van der Waals surface area contributed by atoms with Gasteiger partial charge in [0.15, 0.2) is 0 Å². The minimum Gasteiger partial charge on any atom is -0.317 e. The molecular formula is C13H23NS. The van der Waals surface area contributed by atoms with Crippen LogP contribution in [-0.2, 0) is 6.42 Å². The van der Waals surface area contributed by atoms with Crippen LogP contribution in [0.3, 0.4) is 0 Å². The van der Waals surface area contributed by atoms with Crippen molar-refractivity contribution in [1.29, 1.82) is 0 Å². The summed E-state index contributed by atoms with van der Waals surface area (Å²) < 4.78 is 0. The van der Waals surface area contributed by atoms with E-state index >= 15 is 0 Å². The molecule has 0 fully saturated rings. The van der Waals surface area contributed by atoms with Crippen molar-refractivity contribution in [2.75, 3.05) is 7.05 Å². The van der Waals surface area contributed by atoms with E-state index in [-0.39, 0.29) is 0 Å².